The van der Waals surface area contributed by atoms with Crippen molar-refractivity contribution in [1.82, 2.24) is 10.2 Å². The van der Waals surface area contributed by atoms with Crippen molar-refractivity contribution >= 4 is 50.1 Å². The Morgan fingerprint density at radius 1 is 0.947 bits per heavy atom. The third kappa shape index (κ3) is 7.57. The van der Waals surface area contributed by atoms with Crippen LogP contribution in [0.4, 0.5) is 5.69 Å². The molecule has 3 aromatic rings. The Balaban J connectivity index is 2.01. The van der Waals surface area contributed by atoms with Crippen LogP contribution in [0.15, 0.2) is 83.8 Å². The SMILES string of the molecule is CCC(C)NC(=O)C(C)N(Cc1cccc(C)c1)C(=O)CN(c1ccc(I)cc1)S(=O)(=O)c1ccccc1. The maximum Gasteiger partial charge on any atom is 0.264 e. The van der Waals surface area contributed by atoms with Gasteiger partial charge < -0.3 is 10.2 Å². The Kier molecular flexibility index (Phi) is 10.3. The minimum atomic E-state index is -4.06. The molecule has 0 bridgehead atoms. The van der Waals surface area contributed by atoms with E-state index in [4.69, 9.17) is 0 Å². The maximum atomic E-state index is 13.9. The molecule has 0 aliphatic rings. The minimum Gasteiger partial charge on any atom is -0.352 e. The number of amides is 2. The summed E-state index contributed by atoms with van der Waals surface area (Å²) >= 11 is 2.14. The van der Waals surface area contributed by atoms with Gasteiger partial charge in [0.05, 0.1) is 10.6 Å². The molecule has 2 amide bonds. The summed E-state index contributed by atoms with van der Waals surface area (Å²) in [6.45, 7) is 7.22. The van der Waals surface area contributed by atoms with Crippen molar-refractivity contribution in [2.75, 3.05) is 10.8 Å². The Morgan fingerprint density at radius 3 is 2.21 bits per heavy atom. The number of sulfonamides is 1. The van der Waals surface area contributed by atoms with E-state index in [9.17, 15) is 18.0 Å². The van der Waals surface area contributed by atoms with Gasteiger partial charge in [-0.05, 0) is 91.7 Å². The maximum absolute atomic E-state index is 13.9. The molecule has 202 valence electrons. The Labute approximate surface area is 239 Å². The summed E-state index contributed by atoms with van der Waals surface area (Å²) in [6.07, 6.45) is 0.750. The van der Waals surface area contributed by atoms with Crippen molar-refractivity contribution in [3.8, 4) is 0 Å². The van der Waals surface area contributed by atoms with Crippen LogP contribution in [0.2, 0.25) is 0 Å². The predicted molar refractivity (Wildman–Crippen MR) is 159 cm³/mol. The highest BCUT2D eigenvalue weighted by Gasteiger charge is 2.32. The van der Waals surface area contributed by atoms with Crippen LogP contribution in [0.1, 0.15) is 38.3 Å². The van der Waals surface area contributed by atoms with E-state index in [0.717, 1.165) is 25.4 Å². The first kappa shape index (κ1) is 29.6. The molecule has 3 aromatic carbocycles. The Hall–Kier alpha value is -2.92. The van der Waals surface area contributed by atoms with E-state index in [1.807, 2.05) is 45.0 Å². The number of nitrogens with one attached hydrogen (secondary N) is 1. The molecule has 2 unspecified atom stereocenters. The lowest BCUT2D eigenvalue weighted by atomic mass is 10.1. The average molecular weight is 648 g/mol. The lowest BCUT2D eigenvalue weighted by Crippen LogP contribution is -2.52. The number of hydrogen-bond acceptors (Lipinski definition) is 4. The second kappa shape index (κ2) is 13.2. The van der Waals surface area contributed by atoms with Crippen LogP contribution in [0.3, 0.4) is 0 Å². The molecule has 0 aromatic heterocycles. The molecule has 0 fully saturated rings. The highest BCUT2D eigenvalue weighted by Crippen LogP contribution is 2.25. The third-order valence-corrected chi connectivity index (χ3v) is 8.84. The molecule has 9 heteroatoms. The summed E-state index contributed by atoms with van der Waals surface area (Å²) in [7, 11) is -4.06. The number of carbonyl (C=O) groups is 2. The summed E-state index contributed by atoms with van der Waals surface area (Å²) in [5, 5.41) is 2.94. The average Bonchev–Trinajstić information content (AvgIpc) is 2.90. The van der Waals surface area contributed by atoms with Gasteiger partial charge in [-0.15, -0.1) is 0 Å². The second-order valence-electron chi connectivity index (χ2n) is 9.31. The summed E-state index contributed by atoms with van der Waals surface area (Å²) in [5.41, 5.74) is 2.25. The van der Waals surface area contributed by atoms with E-state index < -0.39 is 28.5 Å². The highest BCUT2D eigenvalue weighted by atomic mass is 127. The molecule has 1 N–H and O–H groups in total. The van der Waals surface area contributed by atoms with Crippen molar-refractivity contribution in [3.05, 3.63) is 93.6 Å². The van der Waals surface area contributed by atoms with Crippen LogP contribution >= 0.6 is 22.6 Å². The highest BCUT2D eigenvalue weighted by molar-refractivity contribution is 14.1. The van der Waals surface area contributed by atoms with E-state index in [2.05, 4.69) is 27.9 Å². The van der Waals surface area contributed by atoms with E-state index in [1.54, 1.807) is 49.4 Å². The van der Waals surface area contributed by atoms with Gasteiger partial charge in [0.1, 0.15) is 12.6 Å². The van der Waals surface area contributed by atoms with Gasteiger partial charge in [-0.2, -0.15) is 0 Å². The zero-order valence-corrected chi connectivity index (χ0v) is 25.1. The number of benzene rings is 3. The second-order valence-corrected chi connectivity index (χ2v) is 12.4. The lowest BCUT2D eigenvalue weighted by molar-refractivity contribution is -0.139. The fourth-order valence-corrected chi connectivity index (χ4v) is 5.71. The molecule has 2 atom stereocenters. The fraction of sp³-hybridized carbons (Fsp3) is 0.310. The van der Waals surface area contributed by atoms with Crippen molar-refractivity contribution in [2.45, 2.75) is 57.6 Å². The molecule has 38 heavy (non-hydrogen) atoms. The van der Waals surface area contributed by atoms with Crippen LogP contribution in [-0.2, 0) is 26.2 Å². The number of aryl methyl sites for hydroxylation is 1. The molecule has 0 saturated carbocycles. The van der Waals surface area contributed by atoms with E-state index in [1.165, 1.54) is 17.0 Å². The summed E-state index contributed by atoms with van der Waals surface area (Å²) in [6, 6.07) is 21.8. The van der Waals surface area contributed by atoms with Crippen LogP contribution in [0.5, 0.6) is 0 Å². The van der Waals surface area contributed by atoms with Crippen LogP contribution < -0.4 is 9.62 Å². The number of hydrogen-bond donors (Lipinski definition) is 1. The van der Waals surface area contributed by atoms with Crippen molar-refractivity contribution < 1.29 is 18.0 Å². The van der Waals surface area contributed by atoms with Gasteiger partial charge in [-0.3, -0.25) is 13.9 Å². The monoisotopic (exact) mass is 647 g/mol. The number of rotatable bonds is 11. The van der Waals surface area contributed by atoms with Crippen LogP contribution in [0.25, 0.3) is 0 Å². The largest absolute Gasteiger partial charge is 0.352 e. The van der Waals surface area contributed by atoms with Gasteiger partial charge >= 0.3 is 0 Å². The number of carbonyl (C=O) groups excluding carboxylic acids is 2. The van der Waals surface area contributed by atoms with Gasteiger partial charge in [-0.25, -0.2) is 8.42 Å². The number of anilines is 1. The number of halogens is 1. The first-order valence-electron chi connectivity index (χ1n) is 12.5. The lowest BCUT2D eigenvalue weighted by Gasteiger charge is -2.32. The normalized spacial score (nSPS) is 12.9. The molecule has 0 aliphatic carbocycles. The zero-order chi connectivity index (χ0) is 27.9. The van der Waals surface area contributed by atoms with Crippen LogP contribution in [-0.4, -0.2) is 43.8 Å². The van der Waals surface area contributed by atoms with Gasteiger partial charge in [-0.1, -0.05) is 55.0 Å². The fourth-order valence-electron chi connectivity index (χ4n) is 3.91. The predicted octanol–water partition coefficient (Wildman–Crippen LogP) is 5.13. The smallest absolute Gasteiger partial charge is 0.264 e. The van der Waals surface area contributed by atoms with E-state index in [0.29, 0.717) is 5.69 Å². The molecular weight excluding hydrogens is 613 g/mol. The standard InChI is InChI=1S/C29H34IN3O4S/c1-5-22(3)31-29(35)23(4)32(19-24-11-9-10-21(2)18-24)28(34)20-33(26-16-14-25(30)15-17-26)38(36,37)27-12-7-6-8-13-27/h6-18,22-23H,5,19-20H2,1-4H3,(H,31,35). The van der Waals surface area contributed by atoms with E-state index >= 15 is 0 Å². The molecule has 7 nitrogen and oxygen atoms in total. The molecule has 0 spiro atoms. The zero-order valence-electron chi connectivity index (χ0n) is 22.1. The quantitative estimate of drug-likeness (QED) is 0.293. The number of nitrogens with zero attached hydrogens (tertiary/aromatic N) is 2. The summed E-state index contributed by atoms with van der Waals surface area (Å²) in [4.78, 5) is 28.5. The molecular formula is C29H34IN3O4S. The van der Waals surface area contributed by atoms with Crippen molar-refractivity contribution in [3.63, 3.8) is 0 Å². The Morgan fingerprint density at radius 2 is 1.61 bits per heavy atom. The van der Waals surface area contributed by atoms with Crippen LogP contribution in [0, 0.1) is 10.5 Å². The Bertz CT molecular complexity index is 1350. The van der Waals surface area contributed by atoms with Gasteiger partial charge in [0, 0.05) is 16.2 Å². The van der Waals surface area contributed by atoms with Gasteiger partial charge in [0.15, 0.2) is 0 Å². The molecule has 0 saturated heterocycles. The van der Waals surface area contributed by atoms with E-state index in [-0.39, 0.29) is 23.4 Å². The van der Waals surface area contributed by atoms with Crippen molar-refractivity contribution in [2.24, 2.45) is 0 Å². The first-order chi connectivity index (χ1) is 18.0. The summed E-state index contributed by atoms with van der Waals surface area (Å²) in [5.74, 6) is -0.761. The van der Waals surface area contributed by atoms with Gasteiger partial charge in [0.2, 0.25) is 11.8 Å². The first-order valence-corrected chi connectivity index (χ1v) is 15.0. The van der Waals surface area contributed by atoms with Gasteiger partial charge in [0.25, 0.3) is 10.0 Å². The molecule has 3 rings (SSSR count). The topological polar surface area (TPSA) is 86.8 Å². The summed E-state index contributed by atoms with van der Waals surface area (Å²) < 4.78 is 29.5. The minimum absolute atomic E-state index is 0.0531. The third-order valence-electron chi connectivity index (χ3n) is 6.33. The van der Waals surface area contributed by atoms with Crippen molar-refractivity contribution in [1.29, 1.82) is 0 Å². The molecule has 0 heterocycles. The molecule has 0 aliphatic heterocycles. The molecule has 0 radical (unpaired) electrons.